The summed E-state index contributed by atoms with van der Waals surface area (Å²) in [7, 11) is -4.33. The van der Waals surface area contributed by atoms with E-state index in [1.54, 1.807) is 0 Å². The maximum atomic E-state index is 17.0. The molecule has 1 heterocycles. The molecule has 0 N–H and O–H groups in total. The number of allylic oxidation sites excluding steroid dienone is 12. The minimum atomic E-state index is -4.33. The van der Waals surface area contributed by atoms with Crippen LogP contribution in [-0.2, 0) is 0 Å². The van der Waals surface area contributed by atoms with Gasteiger partial charge in [-0.1, -0.05) is 79.6 Å². The Labute approximate surface area is 337 Å². The number of rotatable bonds is 7. The van der Waals surface area contributed by atoms with E-state index in [-0.39, 0.29) is 18.1 Å². The Morgan fingerprint density at radius 3 is 1.61 bits per heavy atom. The van der Waals surface area contributed by atoms with Gasteiger partial charge in [0.2, 0.25) is 0 Å². The van der Waals surface area contributed by atoms with Crippen LogP contribution in [0.15, 0.2) is 93.1 Å². The molecule has 3 aromatic carbocycles. The van der Waals surface area contributed by atoms with E-state index in [4.69, 9.17) is 0 Å². The Morgan fingerprint density at radius 1 is 0.632 bits per heavy atom. The third kappa shape index (κ3) is 7.61. The molecule has 0 nitrogen and oxygen atoms in total. The number of hydrogen-bond acceptors (Lipinski definition) is 0. The molecule has 0 saturated carbocycles. The Hall–Kier alpha value is -4.23. The number of hydrogen-bond donors (Lipinski definition) is 0. The number of halogens is 6. The van der Waals surface area contributed by atoms with Crippen LogP contribution < -0.4 is 0 Å². The summed E-state index contributed by atoms with van der Waals surface area (Å²) >= 11 is 0. The molecule has 7 heteroatoms. The fraction of sp³-hybridized carbons (Fsp3) is 0.360. The third-order valence-corrected chi connectivity index (χ3v) is 14.7. The van der Waals surface area contributed by atoms with Gasteiger partial charge in [-0.05, 0) is 165 Å². The van der Waals surface area contributed by atoms with Crippen molar-refractivity contribution < 1.29 is 25.3 Å². The molecule has 0 aromatic heterocycles. The maximum Gasteiger partial charge on any atom is 0.169 e. The van der Waals surface area contributed by atoms with Crippen LogP contribution in [0.2, 0.25) is 0 Å². The van der Waals surface area contributed by atoms with Gasteiger partial charge in [0.05, 0.1) is 16.4 Å². The Kier molecular flexibility index (Phi) is 12.0. The highest BCUT2D eigenvalue weighted by atomic mass is 32.3. The van der Waals surface area contributed by atoms with Gasteiger partial charge >= 0.3 is 0 Å². The summed E-state index contributed by atoms with van der Waals surface area (Å²) in [6.07, 6.45) is 10.8. The second-order valence-electron chi connectivity index (χ2n) is 16.2. The van der Waals surface area contributed by atoms with E-state index < -0.39 is 62.5 Å². The number of fused-ring (bicyclic) bond motifs is 2. The van der Waals surface area contributed by atoms with E-state index in [1.165, 1.54) is 6.92 Å². The molecule has 2 aliphatic carbocycles. The van der Waals surface area contributed by atoms with Crippen molar-refractivity contribution in [2.45, 2.75) is 101 Å². The van der Waals surface area contributed by atoms with Crippen LogP contribution in [0, 0.1) is 76.6 Å². The van der Waals surface area contributed by atoms with Crippen LogP contribution >= 0.6 is 10.8 Å². The van der Waals surface area contributed by atoms with E-state index in [0.29, 0.717) is 35.1 Å². The average Bonchev–Trinajstić information content (AvgIpc) is 3.40. The van der Waals surface area contributed by atoms with Crippen LogP contribution in [0.5, 0.6) is 0 Å². The molecule has 0 amide bonds. The highest BCUT2D eigenvalue weighted by Crippen LogP contribution is 2.65. The smallest absolute Gasteiger partial charge is 0.169 e. The van der Waals surface area contributed by atoms with Crippen LogP contribution in [-0.4, -0.2) is 11.0 Å². The van der Waals surface area contributed by atoms with Crippen molar-refractivity contribution in [1.82, 2.24) is 0 Å². The molecule has 0 bridgehead atoms. The summed E-state index contributed by atoms with van der Waals surface area (Å²) in [5.41, 5.74) is 13.0. The van der Waals surface area contributed by atoms with Crippen LogP contribution in [0.4, 0.5) is 25.3 Å². The van der Waals surface area contributed by atoms with Crippen LogP contribution in [0.3, 0.4) is 0 Å². The van der Waals surface area contributed by atoms with Crippen molar-refractivity contribution >= 4 is 28.5 Å². The Bertz CT molecular complexity index is 2320. The van der Waals surface area contributed by atoms with Gasteiger partial charge in [-0.2, -0.15) is 7.77 Å². The average molecular weight is 801 g/mol. The van der Waals surface area contributed by atoms with Gasteiger partial charge in [0, 0.05) is 28.9 Å². The predicted molar refractivity (Wildman–Crippen MR) is 229 cm³/mol. The van der Waals surface area contributed by atoms with Crippen molar-refractivity contribution in [3.05, 3.63) is 166 Å². The lowest BCUT2D eigenvalue weighted by Gasteiger charge is -2.38. The SMILES string of the molecule is CCC1=C(C)/C2=C(\c3c(F)c(F)cc(F)c3F)C3=C(C)C(CC)=C(/C=C/c4c(C)cc(C)cc4C)C3CCS(F)(F)[C@@H](C)C2C=C1/C=C/c1c(C)cc(C)cc1C. The van der Waals surface area contributed by atoms with Gasteiger partial charge in [0.1, 0.15) is 0 Å². The summed E-state index contributed by atoms with van der Waals surface area (Å²) in [5.74, 6) is -8.23. The van der Waals surface area contributed by atoms with E-state index in [2.05, 4.69) is 24.3 Å². The first-order valence-electron chi connectivity index (χ1n) is 20.0. The summed E-state index contributed by atoms with van der Waals surface area (Å²) in [6, 6.07) is 8.60. The zero-order chi connectivity index (χ0) is 41.8. The van der Waals surface area contributed by atoms with Gasteiger partial charge in [-0.3, -0.25) is 0 Å². The van der Waals surface area contributed by atoms with Crippen LogP contribution in [0.1, 0.15) is 104 Å². The minimum absolute atomic E-state index is 0.00473. The van der Waals surface area contributed by atoms with E-state index in [9.17, 15) is 0 Å². The summed E-state index contributed by atoms with van der Waals surface area (Å²) in [6.45, 7) is 21.3. The van der Waals surface area contributed by atoms with Gasteiger partial charge in [0.15, 0.2) is 23.3 Å². The lowest BCUT2D eigenvalue weighted by Crippen LogP contribution is -2.26. The van der Waals surface area contributed by atoms with Crippen molar-refractivity contribution in [3.8, 4) is 0 Å². The molecule has 3 aromatic rings. The van der Waals surface area contributed by atoms with Gasteiger partial charge in [-0.25, -0.2) is 17.6 Å². The molecular weight excluding hydrogens is 747 g/mol. The topological polar surface area (TPSA) is 0 Å². The highest BCUT2D eigenvalue weighted by Gasteiger charge is 2.46. The highest BCUT2D eigenvalue weighted by molar-refractivity contribution is 8.25. The summed E-state index contributed by atoms with van der Waals surface area (Å²) in [5, 5.41) is -1.24. The first kappa shape index (κ1) is 42.4. The second kappa shape index (κ2) is 16.2. The van der Waals surface area contributed by atoms with E-state index >= 15 is 25.3 Å². The van der Waals surface area contributed by atoms with Crippen molar-refractivity contribution in [2.75, 3.05) is 5.75 Å². The lowest BCUT2D eigenvalue weighted by molar-refractivity contribution is 0.449. The predicted octanol–water partition coefficient (Wildman–Crippen LogP) is 15.6. The molecule has 3 atom stereocenters. The summed E-state index contributed by atoms with van der Waals surface area (Å²) < 4.78 is 97.7. The maximum absolute atomic E-state index is 17.0. The third-order valence-electron chi connectivity index (χ3n) is 12.5. The molecule has 3 aliphatic rings. The number of aryl methyl sites for hydroxylation is 6. The molecule has 0 saturated heterocycles. The largest absolute Gasteiger partial charge is 0.204 e. The first-order chi connectivity index (χ1) is 26.8. The van der Waals surface area contributed by atoms with Gasteiger partial charge in [0.25, 0.3) is 0 Å². The fourth-order valence-corrected chi connectivity index (χ4v) is 11.4. The van der Waals surface area contributed by atoms with Crippen LogP contribution in [0.25, 0.3) is 17.7 Å². The lowest BCUT2D eigenvalue weighted by atomic mass is 9.72. The Morgan fingerprint density at radius 2 is 1.12 bits per heavy atom. The monoisotopic (exact) mass is 800 g/mol. The minimum Gasteiger partial charge on any atom is -0.204 e. The zero-order valence-corrected chi connectivity index (χ0v) is 35.8. The fourth-order valence-electron chi connectivity index (χ4n) is 9.85. The molecular formula is C50H54F6S. The molecule has 1 aliphatic heterocycles. The quantitative estimate of drug-likeness (QED) is 0.165. The molecule has 2 unspecified atom stereocenters. The van der Waals surface area contributed by atoms with E-state index in [1.807, 2.05) is 99.6 Å². The molecule has 0 radical (unpaired) electrons. The Balaban J connectivity index is 1.69. The molecule has 0 spiro atoms. The van der Waals surface area contributed by atoms with Crippen molar-refractivity contribution in [3.63, 3.8) is 0 Å². The second-order valence-corrected chi connectivity index (χ2v) is 18.6. The standard InChI is InChI=1S/C50H54F6S/c1-12-36-32(9)46-42(24-35(36)14-15-38-28(5)20-26(3)21-29(38)6)34(11)57(55,56)19-18-41-40(17-16-39-30(7)22-27(4)23-31(39)8)37(13-2)33(10)45(41)47(46)48-49(53)43(51)25-44(52)50(48)54/h14-17,20-25,34,41-42H,12-13,18-19H2,1-11H3/b15-14+,17-16+,47-46+/t34-,41?,42?/m0/s1. The van der Waals surface area contributed by atoms with Gasteiger partial charge < -0.3 is 0 Å². The molecule has 0 fully saturated rings. The normalized spacial score (nSPS) is 23.2. The molecule has 57 heavy (non-hydrogen) atoms. The number of benzene rings is 3. The van der Waals surface area contributed by atoms with E-state index in [0.717, 1.165) is 66.8 Å². The zero-order valence-electron chi connectivity index (χ0n) is 35.0. The van der Waals surface area contributed by atoms with Crippen molar-refractivity contribution in [2.24, 2.45) is 11.8 Å². The first-order valence-corrected chi connectivity index (χ1v) is 21.6. The van der Waals surface area contributed by atoms with Crippen molar-refractivity contribution in [1.29, 1.82) is 0 Å². The van der Waals surface area contributed by atoms with Gasteiger partial charge in [-0.15, -0.1) is 0 Å². The molecule has 6 rings (SSSR count). The molecule has 302 valence electrons. The summed E-state index contributed by atoms with van der Waals surface area (Å²) in [4.78, 5) is 0.